The summed E-state index contributed by atoms with van der Waals surface area (Å²) < 4.78 is 0. The number of carbonyl (C=O) groups excluding carboxylic acids is 2. The normalized spacial score (nSPS) is 30.5. The van der Waals surface area contributed by atoms with E-state index in [0.29, 0.717) is 32.0 Å². The number of amides is 2. The fraction of sp³-hybridized carbons (Fsp3) is 0.750. The molecule has 1 saturated carbocycles. The van der Waals surface area contributed by atoms with Gasteiger partial charge in [-0.3, -0.25) is 14.5 Å². The first-order valence-electron chi connectivity index (χ1n) is 8.10. The number of fused-ring (bicyclic) bond motifs is 1. The lowest BCUT2D eigenvalue weighted by Gasteiger charge is -2.24. The number of likely N-dealkylation sites (tertiary alicyclic amines) is 1. The van der Waals surface area contributed by atoms with Gasteiger partial charge in [0.05, 0.1) is 11.8 Å². The van der Waals surface area contributed by atoms with Gasteiger partial charge in [0, 0.05) is 24.2 Å². The fourth-order valence-corrected chi connectivity index (χ4v) is 4.06. The van der Waals surface area contributed by atoms with Crippen LogP contribution in [0.15, 0.2) is 11.1 Å². The molecular weight excluding hydrogens is 288 g/mol. The van der Waals surface area contributed by atoms with Crippen molar-refractivity contribution in [2.45, 2.75) is 51.0 Å². The summed E-state index contributed by atoms with van der Waals surface area (Å²) in [5, 5.41) is 4.22. The zero-order valence-electron chi connectivity index (χ0n) is 12.3. The van der Waals surface area contributed by atoms with Gasteiger partial charge in [-0.2, -0.15) is 0 Å². The van der Waals surface area contributed by atoms with Crippen molar-refractivity contribution in [2.75, 3.05) is 13.1 Å². The first-order valence-corrected chi connectivity index (χ1v) is 8.48. The summed E-state index contributed by atoms with van der Waals surface area (Å²) in [5.74, 6) is -0.420. The highest BCUT2D eigenvalue weighted by molar-refractivity contribution is 6.30. The maximum Gasteiger partial charge on any atom is 0.233 e. The molecule has 4 nitrogen and oxygen atoms in total. The van der Waals surface area contributed by atoms with E-state index in [-0.39, 0.29) is 23.7 Å². The Hall–Kier alpha value is -0.870. The third-order valence-electron chi connectivity index (χ3n) is 5.03. The number of carbonyl (C=O) groups is 2. The Bertz CT molecular complexity index is 457. The van der Waals surface area contributed by atoms with E-state index in [1.807, 2.05) is 6.08 Å². The second-order valence-electron chi connectivity index (χ2n) is 6.42. The largest absolute Gasteiger partial charge is 0.312 e. The molecule has 3 aliphatic rings. The van der Waals surface area contributed by atoms with Crippen molar-refractivity contribution in [1.82, 2.24) is 10.2 Å². The molecule has 0 unspecified atom stereocenters. The van der Waals surface area contributed by atoms with Gasteiger partial charge in [0.25, 0.3) is 0 Å². The predicted octanol–water partition coefficient (Wildman–Crippen LogP) is 2.43. The minimum absolute atomic E-state index is 0.00383. The summed E-state index contributed by atoms with van der Waals surface area (Å²) in [6.07, 6.45) is 9.36. The van der Waals surface area contributed by atoms with Crippen LogP contribution in [0.4, 0.5) is 0 Å². The summed E-state index contributed by atoms with van der Waals surface area (Å²) in [6.45, 7) is 1.21. The number of hydrogen-bond acceptors (Lipinski definition) is 3. The van der Waals surface area contributed by atoms with Gasteiger partial charge in [-0.15, -0.1) is 0 Å². The van der Waals surface area contributed by atoms with Gasteiger partial charge in [-0.1, -0.05) is 36.9 Å². The average Bonchev–Trinajstić information content (AvgIpc) is 2.73. The molecule has 0 aromatic rings. The lowest BCUT2D eigenvalue weighted by Crippen LogP contribution is -2.40. The summed E-state index contributed by atoms with van der Waals surface area (Å²) >= 11 is 6.02. The second kappa shape index (κ2) is 6.49. The molecule has 0 spiro atoms. The Morgan fingerprint density at radius 2 is 1.86 bits per heavy atom. The number of rotatable bonds is 4. The molecular formula is C16H23ClN2O2. The van der Waals surface area contributed by atoms with Crippen LogP contribution in [0.5, 0.6) is 0 Å². The molecule has 1 heterocycles. The highest BCUT2D eigenvalue weighted by Gasteiger charge is 2.47. The molecule has 1 saturated heterocycles. The van der Waals surface area contributed by atoms with Gasteiger partial charge >= 0.3 is 0 Å². The Morgan fingerprint density at radius 3 is 2.62 bits per heavy atom. The smallest absolute Gasteiger partial charge is 0.233 e. The predicted molar refractivity (Wildman–Crippen MR) is 81.7 cm³/mol. The van der Waals surface area contributed by atoms with E-state index < -0.39 is 0 Å². The van der Waals surface area contributed by atoms with Gasteiger partial charge in [-0.05, 0) is 25.7 Å². The van der Waals surface area contributed by atoms with Crippen molar-refractivity contribution >= 4 is 23.4 Å². The molecule has 5 heteroatoms. The maximum atomic E-state index is 12.4. The molecule has 2 aliphatic carbocycles. The monoisotopic (exact) mass is 310 g/mol. The molecule has 116 valence electrons. The molecule has 2 atom stereocenters. The molecule has 3 rings (SSSR count). The van der Waals surface area contributed by atoms with Crippen LogP contribution in [0.1, 0.15) is 44.9 Å². The summed E-state index contributed by atoms with van der Waals surface area (Å²) in [7, 11) is 0. The first-order chi connectivity index (χ1) is 10.2. The number of nitrogens with zero attached hydrogens (tertiary/aromatic N) is 1. The Morgan fingerprint density at radius 1 is 1.14 bits per heavy atom. The topological polar surface area (TPSA) is 49.4 Å². The third kappa shape index (κ3) is 3.16. The van der Waals surface area contributed by atoms with Gasteiger partial charge in [-0.25, -0.2) is 0 Å². The minimum atomic E-state index is -0.218. The van der Waals surface area contributed by atoms with Crippen molar-refractivity contribution in [3.05, 3.63) is 11.1 Å². The van der Waals surface area contributed by atoms with Gasteiger partial charge < -0.3 is 5.32 Å². The molecule has 1 aliphatic heterocycles. The number of nitrogens with one attached hydrogen (secondary N) is 1. The van der Waals surface area contributed by atoms with E-state index >= 15 is 0 Å². The van der Waals surface area contributed by atoms with Crippen molar-refractivity contribution in [1.29, 1.82) is 0 Å². The number of hydrogen-bond donors (Lipinski definition) is 1. The molecule has 0 radical (unpaired) electrons. The van der Waals surface area contributed by atoms with Crippen molar-refractivity contribution < 1.29 is 9.59 Å². The Labute approximate surface area is 130 Å². The molecule has 2 amide bonds. The number of allylic oxidation sites excluding steroid dienone is 2. The Kier molecular flexibility index (Phi) is 4.65. The van der Waals surface area contributed by atoms with Crippen LogP contribution in [0.25, 0.3) is 0 Å². The minimum Gasteiger partial charge on any atom is -0.312 e. The fourth-order valence-electron chi connectivity index (χ4n) is 3.80. The van der Waals surface area contributed by atoms with E-state index in [1.54, 1.807) is 0 Å². The van der Waals surface area contributed by atoms with Crippen LogP contribution >= 0.6 is 11.6 Å². The van der Waals surface area contributed by atoms with Crippen LogP contribution in [0, 0.1) is 11.8 Å². The molecule has 1 N–H and O–H groups in total. The lowest BCUT2D eigenvalue weighted by molar-refractivity contribution is -0.139. The average molecular weight is 311 g/mol. The Balaban J connectivity index is 1.52. The van der Waals surface area contributed by atoms with Crippen LogP contribution in [-0.2, 0) is 9.59 Å². The van der Waals surface area contributed by atoms with E-state index in [2.05, 4.69) is 5.32 Å². The van der Waals surface area contributed by atoms with Crippen LogP contribution in [0.3, 0.4) is 0 Å². The standard InChI is InChI=1S/C16H23ClN2O2/c17-11-6-7-13-14(10-11)16(21)19(15(13)20)9-8-18-12-4-2-1-3-5-12/h6,12-14,18H,1-5,7-10H2/t13-,14+/m1/s1. The quantitative estimate of drug-likeness (QED) is 0.811. The summed E-state index contributed by atoms with van der Waals surface area (Å²) in [4.78, 5) is 26.2. The zero-order chi connectivity index (χ0) is 14.8. The van der Waals surface area contributed by atoms with Crippen LogP contribution in [0.2, 0.25) is 0 Å². The van der Waals surface area contributed by atoms with Crippen molar-refractivity contribution in [3.8, 4) is 0 Å². The molecule has 21 heavy (non-hydrogen) atoms. The molecule has 2 fully saturated rings. The number of halogens is 1. The van der Waals surface area contributed by atoms with Gasteiger partial charge in [0.15, 0.2) is 0 Å². The first kappa shape index (κ1) is 15.0. The van der Waals surface area contributed by atoms with E-state index in [4.69, 9.17) is 11.6 Å². The van der Waals surface area contributed by atoms with Gasteiger partial charge in [0.2, 0.25) is 11.8 Å². The molecule has 0 aromatic heterocycles. The van der Waals surface area contributed by atoms with Crippen LogP contribution in [-0.4, -0.2) is 35.8 Å². The molecule has 0 aromatic carbocycles. The third-order valence-corrected chi connectivity index (χ3v) is 5.34. The van der Waals surface area contributed by atoms with Crippen LogP contribution < -0.4 is 5.32 Å². The summed E-state index contributed by atoms with van der Waals surface area (Å²) in [6, 6.07) is 0.560. The lowest BCUT2D eigenvalue weighted by atomic mass is 9.85. The van der Waals surface area contributed by atoms with E-state index in [9.17, 15) is 9.59 Å². The van der Waals surface area contributed by atoms with Crippen molar-refractivity contribution in [2.24, 2.45) is 11.8 Å². The van der Waals surface area contributed by atoms with E-state index in [0.717, 1.165) is 5.03 Å². The zero-order valence-corrected chi connectivity index (χ0v) is 13.1. The SMILES string of the molecule is O=C1[C@H]2CC(Cl)=CC[C@H]2C(=O)N1CCNC1CCCCC1. The molecule has 0 bridgehead atoms. The van der Waals surface area contributed by atoms with Gasteiger partial charge in [0.1, 0.15) is 0 Å². The summed E-state index contributed by atoms with van der Waals surface area (Å²) in [5.41, 5.74) is 0. The second-order valence-corrected chi connectivity index (χ2v) is 6.91. The number of imide groups is 1. The maximum absolute atomic E-state index is 12.4. The van der Waals surface area contributed by atoms with Crippen molar-refractivity contribution in [3.63, 3.8) is 0 Å². The highest BCUT2D eigenvalue weighted by atomic mass is 35.5. The highest BCUT2D eigenvalue weighted by Crippen LogP contribution is 2.38. The van der Waals surface area contributed by atoms with E-state index in [1.165, 1.54) is 37.0 Å².